The number of hydrogen-bond donors (Lipinski definition) is 7. The zero-order valence-electron chi connectivity index (χ0n) is 27.7. The maximum Gasteiger partial charge on any atom is 0.331 e. The Hall–Kier alpha value is -3.40. The van der Waals surface area contributed by atoms with Crippen LogP contribution in [0.1, 0.15) is 19.4 Å². The molecule has 282 valence electrons. The van der Waals surface area contributed by atoms with E-state index in [1.165, 1.54) is 38.5 Å². The lowest BCUT2D eigenvalue weighted by molar-refractivity contribution is -0.347. The summed E-state index contributed by atoms with van der Waals surface area (Å²) >= 11 is 0. The number of rotatable bonds is 11. The molecule has 6 rings (SSSR count). The van der Waals surface area contributed by atoms with Crippen molar-refractivity contribution < 1.29 is 88.0 Å². The van der Waals surface area contributed by atoms with Gasteiger partial charge in [0.15, 0.2) is 36.3 Å². The van der Waals surface area contributed by atoms with E-state index in [4.69, 9.17) is 42.6 Å². The molecule has 1 saturated carbocycles. The van der Waals surface area contributed by atoms with Crippen LogP contribution in [-0.2, 0) is 47.5 Å². The second-order valence-corrected chi connectivity index (χ2v) is 13.0. The molecule has 7 N–H and O–H groups in total. The van der Waals surface area contributed by atoms with Crippen molar-refractivity contribution in [1.29, 1.82) is 0 Å². The number of phenolic OH excluding ortho intramolecular Hbond substituents is 1. The van der Waals surface area contributed by atoms with Gasteiger partial charge in [0.05, 0.1) is 44.7 Å². The molecule has 0 bridgehead atoms. The fourth-order valence-electron chi connectivity index (χ4n) is 7.20. The topological polar surface area (TPSA) is 262 Å². The van der Waals surface area contributed by atoms with Crippen LogP contribution in [0.25, 0.3) is 6.08 Å². The maximum absolute atomic E-state index is 13.0. The van der Waals surface area contributed by atoms with Gasteiger partial charge < -0.3 is 78.4 Å². The molecule has 1 aliphatic carbocycles. The zero-order chi connectivity index (χ0) is 36.8. The van der Waals surface area contributed by atoms with E-state index in [9.17, 15) is 45.3 Å². The van der Waals surface area contributed by atoms with Gasteiger partial charge in [-0.1, -0.05) is 6.07 Å². The van der Waals surface area contributed by atoms with Crippen LogP contribution in [-0.4, -0.2) is 154 Å². The quantitative estimate of drug-likeness (QED) is 0.0726. The average molecular weight is 727 g/mol. The summed E-state index contributed by atoms with van der Waals surface area (Å²) in [7, 11) is 1.39. The van der Waals surface area contributed by atoms with Crippen LogP contribution in [0.4, 0.5) is 0 Å². The number of aliphatic hydroxyl groups is 6. The van der Waals surface area contributed by atoms with E-state index >= 15 is 0 Å². The van der Waals surface area contributed by atoms with E-state index < -0.39 is 122 Å². The minimum atomic E-state index is -1.72. The minimum absolute atomic E-state index is 0.151. The molecule has 1 aromatic carbocycles. The number of methoxy groups -OCH3 is 1. The highest BCUT2D eigenvalue weighted by Crippen LogP contribution is 2.61. The van der Waals surface area contributed by atoms with Crippen molar-refractivity contribution in [3.63, 3.8) is 0 Å². The predicted molar refractivity (Wildman–Crippen MR) is 165 cm³/mol. The highest BCUT2D eigenvalue weighted by Gasteiger charge is 2.77. The SMILES string of the molecule is COc1ccc(/C=C/C(=O)O[C@H]2[C@@H](O)[C@H](O[C@H]3[C@@H]4C=CO[C@@H](O[C@@H]5O[C@H](CO)[C@@H](O)[C@H](O)[C@H]5O)[C@@H]4[C@@]4(CO)O[C@@H]34)O[C@@H](C)[C@@H]2OC(C)=O)cc1O. The van der Waals surface area contributed by atoms with E-state index in [-0.39, 0.29) is 11.5 Å². The molecular weight excluding hydrogens is 684 g/mol. The highest BCUT2D eigenvalue weighted by atomic mass is 16.8. The van der Waals surface area contributed by atoms with E-state index in [2.05, 4.69) is 0 Å². The fourth-order valence-corrected chi connectivity index (χ4v) is 7.20. The smallest absolute Gasteiger partial charge is 0.331 e. The van der Waals surface area contributed by atoms with Crippen LogP contribution in [0.15, 0.2) is 36.6 Å². The fraction of sp³-hybridized carbons (Fsp3) is 0.636. The number of hydrogen-bond acceptors (Lipinski definition) is 18. The van der Waals surface area contributed by atoms with Gasteiger partial charge in [-0.3, -0.25) is 4.79 Å². The van der Waals surface area contributed by atoms with Gasteiger partial charge in [0, 0.05) is 18.9 Å². The molecule has 1 aromatic rings. The second kappa shape index (κ2) is 14.9. The van der Waals surface area contributed by atoms with Gasteiger partial charge in [-0.2, -0.15) is 0 Å². The summed E-state index contributed by atoms with van der Waals surface area (Å²) in [5, 5.41) is 72.5. The summed E-state index contributed by atoms with van der Waals surface area (Å²) in [6, 6.07) is 4.46. The largest absolute Gasteiger partial charge is 0.504 e. The van der Waals surface area contributed by atoms with Crippen LogP contribution < -0.4 is 4.74 Å². The first-order valence-electron chi connectivity index (χ1n) is 16.3. The second-order valence-electron chi connectivity index (χ2n) is 13.0. The number of esters is 2. The summed E-state index contributed by atoms with van der Waals surface area (Å²) < 4.78 is 51.2. The molecule has 0 unspecified atom stereocenters. The molecule has 3 saturated heterocycles. The van der Waals surface area contributed by atoms with E-state index in [0.29, 0.717) is 5.56 Å². The Labute approximate surface area is 291 Å². The number of epoxide rings is 1. The molecule has 4 fully saturated rings. The van der Waals surface area contributed by atoms with Crippen molar-refractivity contribution in [1.82, 2.24) is 0 Å². The van der Waals surface area contributed by atoms with Gasteiger partial charge in [-0.05, 0) is 36.8 Å². The first kappa shape index (κ1) is 37.4. The van der Waals surface area contributed by atoms with Crippen molar-refractivity contribution in [2.75, 3.05) is 20.3 Å². The Morgan fingerprint density at radius 1 is 0.922 bits per heavy atom. The number of ether oxygens (including phenoxy) is 9. The summed E-state index contributed by atoms with van der Waals surface area (Å²) in [6.45, 7) is 1.50. The standard InChI is InChI=1S/C33H42O18/c1-13-26(46-14(2)36)28(48-20(38)7-5-15-4-6-18(43-3)17(37)10-15)25(42)32(45-13)49-27-16-8-9-44-30(21(16)33(12-35)29(27)51-33)50-31-24(41)23(40)22(39)19(11-34)47-31/h4-10,13,16,19,21-32,34-35,37,39-42H,11-12H2,1-3H3/b7-5+/t13-,16+,19+,21+,22+,23-,24+,25+,26-,27-,28-,29-,30-,31-,32-,33+/m0/s1. The molecule has 4 heterocycles. The summed E-state index contributed by atoms with van der Waals surface area (Å²) in [5.41, 5.74) is -0.827. The Morgan fingerprint density at radius 2 is 1.67 bits per heavy atom. The molecule has 18 nitrogen and oxygen atoms in total. The maximum atomic E-state index is 13.0. The predicted octanol–water partition coefficient (Wildman–Crippen LogP) is -2.19. The molecule has 0 radical (unpaired) electrons. The molecular formula is C33H42O18. The van der Waals surface area contributed by atoms with Crippen LogP contribution in [0.2, 0.25) is 0 Å². The Bertz CT molecular complexity index is 1480. The summed E-state index contributed by atoms with van der Waals surface area (Å²) in [5.74, 6) is -2.95. The Balaban J connectivity index is 1.18. The van der Waals surface area contributed by atoms with Crippen LogP contribution in [0.3, 0.4) is 0 Å². The third-order valence-corrected chi connectivity index (χ3v) is 9.81. The lowest BCUT2D eigenvalue weighted by atomic mass is 9.85. The van der Waals surface area contributed by atoms with E-state index in [0.717, 1.165) is 13.0 Å². The monoisotopic (exact) mass is 726 g/mol. The van der Waals surface area contributed by atoms with Gasteiger partial charge in [0.2, 0.25) is 6.29 Å². The average Bonchev–Trinajstić information content (AvgIpc) is 3.78. The third kappa shape index (κ3) is 7.06. The normalized spacial score (nSPS) is 42.8. The molecule has 5 aliphatic rings. The molecule has 0 spiro atoms. The van der Waals surface area contributed by atoms with Crippen molar-refractivity contribution in [3.05, 3.63) is 42.2 Å². The van der Waals surface area contributed by atoms with Crippen molar-refractivity contribution >= 4 is 18.0 Å². The molecule has 18 heteroatoms. The van der Waals surface area contributed by atoms with Gasteiger partial charge in [-0.15, -0.1) is 0 Å². The van der Waals surface area contributed by atoms with Crippen molar-refractivity contribution in [2.45, 2.75) is 99.4 Å². The Kier molecular flexibility index (Phi) is 10.9. The molecule has 51 heavy (non-hydrogen) atoms. The number of carbonyl (C=O) groups excluding carboxylic acids is 2. The van der Waals surface area contributed by atoms with E-state index in [1.54, 1.807) is 12.1 Å². The number of fused-ring (bicyclic) bond motifs is 3. The summed E-state index contributed by atoms with van der Waals surface area (Å²) in [6.07, 6.45) is -12.2. The number of phenols is 1. The van der Waals surface area contributed by atoms with Gasteiger partial charge >= 0.3 is 11.9 Å². The number of benzene rings is 1. The van der Waals surface area contributed by atoms with Crippen LogP contribution in [0.5, 0.6) is 11.5 Å². The molecule has 0 amide bonds. The first-order chi connectivity index (χ1) is 24.3. The molecule has 4 aliphatic heterocycles. The number of aromatic hydroxyl groups is 1. The molecule has 0 aromatic heterocycles. The molecule has 16 atom stereocenters. The minimum Gasteiger partial charge on any atom is -0.504 e. The Morgan fingerprint density at radius 3 is 2.33 bits per heavy atom. The number of aliphatic hydroxyl groups excluding tert-OH is 6. The highest BCUT2D eigenvalue weighted by molar-refractivity contribution is 5.87. The van der Waals surface area contributed by atoms with Crippen LogP contribution in [0, 0.1) is 11.8 Å². The lowest BCUT2D eigenvalue weighted by Gasteiger charge is -2.44. The van der Waals surface area contributed by atoms with Crippen LogP contribution >= 0.6 is 0 Å². The first-order valence-corrected chi connectivity index (χ1v) is 16.3. The summed E-state index contributed by atoms with van der Waals surface area (Å²) in [4.78, 5) is 24.9. The zero-order valence-corrected chi connectivity index (χ0v) is 27.7. The van der Waals surface area contributed by atoms with Gasteiger partial charge in [0.1, 0.15) is 42.2 Å². The lowest BCUT2D eigenvalue weighted by Crippen LogP contribution is -2.61. The van der Waals surface area contributed by atoms with Crippen molar-refractivity contribution in [2.24, 2.45) is 11.8 Å². The number of carbonyl (C=O) groups is 2. The van der Waals surface area contributed by atoms with Gasteiger partial charge in [-0.25, -0.2) is 4.79 Å². The van der Waals surface area contributed by atoms with Crippen molar-refractivity contribution in [3.8, 4) is 11.5 Å². The third-order valence-electron chi connectivity index (χ3n) is 9.81. The van der Waals surface area contributed by atoms with Gasteiger partial charge in [0.25, 0.3) is 0 Å². The van der Waals surface area contributed by atoms with E-state index in [1.807, 2.05) is 0 Å².